The van der Waals surface area contributed by atoms with Gasteiger partial charge in [-0.15, -0.1) is 0 Å². The average molecular weight is 233 g/mol. The molecule has 1 aromatic carbocycles. The number of rotatable bonds is 1. The van der Waals surface area contributed by atoms with Crippen molar-refractivity contribution in [3.05, 3.63) is 29.3 Å². The van der Waals surface area contributed by atoms with Crippen LogP contribution in [0.1, 0.15) is 25.0 Å². The van der Waals surface area contributed by atoms with Crippen molar-refractivity contribution in [3.63, 3.8) is 0 Å². The molecule has 16 heavy (non-hydrogen) atoms. The first-order valence-electron chi connectivity index (χ1n) is 5.36. The molecule has 0 N–H and O–H groups in total. The molecule has 0 radical (unpaired) electrons. The van der Waals surface area contributed by atoms with E-state index in [1.807, 2.05) is 0 Å². The van der Waals surface area contributed by atoms with Crippen molar-refractivity contribution in [2.45, 2.75) is 33.4 Å². The van der Waals surface area contributed by atoms with Crippen LogP contribution in [0.3, 0.4) is 0 Å². The lowest BCUT2D eigenvalue weighted by Gasteiger charge is -2.35. The van der Waals surface area contributed by atoms with Gasteiger partial charge >= 0.3 is 0 Å². The minimum absolute atomic E-state index is 0.425. The third kappa shape index (κ3) is 1.89. The van der Waals surface area contributed by atoms with E-state index < -0.39 is 0 Å². The summed E-state index contributed by atoms with van der Waals surface area (Å²) in [6.45, 7) is 7.24. The van der Waals surface area contributed by atoms with Gasteiger partial charge in [-0.05, 0) is 31.9 Å². The second-order valence-corrected chi connectivity index (χ2v) is 5.23. The van der Waals surface area contributed by atoms with Crippen molar-refractivity contribution >= 4 is 17.8 Å². The van der Waals surface area contributed by atoms with Gasteiger partial charge in [0.25, 0.3) is 0 Å². The fourth-order valence-electron chi connectivity index (χ4n) is 1.83. The smallest absolute Gasteiger partial charge is 0.196 e. The summed E-state index contributed by atoms with van der Waals surface area (Å²) in [7, 11) is 0. The Morgan fingerprint density at radius 1 is 1.44 bits per heavy atom. The second-order valence-electron chi connectivity index (χ2n) is 4.23. The van der Waals surface area contributed by atoms with E-state index in [-0.39, 0.29) is 0 Å². The van der Waals surface area contributed by atoms with E-state index >= 15 is 0 Å². The maximum atomic E-state index is 9.19. The molecule has 0 fully saturated rings. The van der Waals surface area contributed by atoms with Crippen LogP contribution in [-0.4, -0.2) is 10.3 Å². The lowest BCUT2D eigenvalue weighted by atomic mass is 10.1. The van der Waals surface area contributed by atoms with Crippen molar-refractivity contribution < 1.29 is 0 Å². The van der Waals surface area contributed by atoms with Crippen LogP contribution in [0.5, 0.6) is 0 Å². The van der Waals surface area contributed by atoms with Crippen LogP contribution in [0.15, 0.2) is 18.2 Å². The van der Waals surface area contributed by atoms with Crippen LogP contribution in [-0.2, 0) is 6.54 Å². The Hall–Kier alpha value is -1.18. The fraction of sp³-hybridized carbons (Fsp3) is 0.417. The van der Waals surface area contributed by atoms with Gasteiger partial charge in [0.05, 0.1) is 17.8 Å². The molecule has 3 nitrogen and oxygen atoms in total. The molecule has 0 atom stereocenters. The lowest BCUT2D eigenvalue weighted by molar-refractivity contribution is 0.387. The Bertz CT molecular complexity index is 436. The molecule has 2 rings (SSSR count). The first-order chi connectivity index (χ1) is 7.63. The largest absolute Gasteiger partial charge is 0.224 e. The van der Waals surface area contributed by atoms with Crippen LogP contribution in [0.25, 0.3) is 0 Å². The molecule has 0 saturated carbocycles. The predicted octanol–water partition coefficient (Wildman–Crippen LogP) is 3.07. The number of hydrogen-bond acceptors (Lipinski definition) is 4. The van der Waals surface area contributed by atoms with E-state index in [4.69, 9.17) is 0 Å². The van der Waals surface area contributed by atoms with E-state index in [9.17, 15) is 5.26 Å². The summed E-state index contributed by atoms with van der Waals surface area (Å²) in [5.41, 5.74) is 3.45. The SMILES string of the molecule is Cc1cccc2c1N(C#N)SN(C(C)C)C2. The fourth-order valence-corrected chi connectivity index (χ4v) is 2.80. The van der Waals surface area contributed by atoms with Gasteiger partial charge < -0.3 is 0 Å². The summed E-state index contributed by atoms with van der Waals surface area (Å²) < 4.78 is 3.92. The maximum absolute atomic E-state index is 9.19. The second kappa shape index (κ2) is 4.36. The molecule has 1 heterocycles. The lowest BCUT2D eigenvalue weighted by Crippen LogP contribution is -2.33. The Balaban J connectivity index is 2.43. The molecule has 4 heteroatoms. The minimum Gasteiger partial charge on any atom is -0.224 e. The van der Waals surface area contributed by atoms with Crippen LogP contribution in [0, 0.1) is 18.4 Å². The summed E-state index contributed by atoms with van der Waals surface area (Å²) >= 11 is 1.50. The van der Waals surface area contributed by atoms with Gasteiger partial charge in [-0.2, -0.15) is 5.26 Å². The predicted molar refractivity (Wildman–Crippen MR) is 67.5 cm³/mol. The molecule has 84 valence electrons. The molecule has 0 amide bonds. The number of nitriles is 1. The van der Waals surface area contributed by atoms with Crippen LogP contribution in [0.4, 0.5) is 5.69 Å². The number of nitrogens with zero attached hydrogens (tertiary/aromatic N) is 3. The van der Waals surface area contributed by atoms with Gasteiger partial charge in [0.1, 0.15) is 0 Å². The first kappa shape index (κ1) is 11.3. The zero-order chi connectivity index (χ0) is 11.7. The number of benzene rings is 1. The zero-order valence-electron chi connectivity index (χ0n) is 9.77. The molecule has 0 spiro atoms. The molecule has 0 saturated heterocycles. The molecule has 0 aromatic heterocycles. The van der Waals surface area contributed by atoms with Crippen molar-refractivity contribution in [1.82, 2.24) is 4.31 Å². The number of anilines is 1. The highest BCUT2D eigenvalue weighted by Crippen LogP contribution is 2.38. The summed E-state index contributed by atoms with van der Waals surface area (Å²) in [6, 6.07) is 6.63. The molecular formula is C12H15N3S. The average Bonchev–Trinajstić information content (AvgIpc) is 2.27. The van der Waals surface area contributed by atoms with Crippen molar-refractivity contribution in [1.29, 1.82) is 5.26 Å². The number of aryl methyl sites for hydroxylation is 1. The number of para-hydroxylation sites is 1. The highest BCUT2D eigenvalue weighted by Gasteiger charge is 2.26. The van der Waals surface area contributed by atoms with E-state index in [2.05, 4.69) is 49.5 Å². The quantitative estimate of drug-likeness (QED) is 0.551. The van der Waals surface area contributed by atoms with E-state index in [0.29, 0.717) is 6.04 Å². The third-order valence-corrected chi connectivity index (χ3v) is 3.89. The Morgan fingerprint density at radius 2 is 2.19 bits per heavy atom. The van der Waals surface area contributed by atoms with Crippen molar-refractivity contribution in [2.24, 2.45) is 0 Å². The molecule has 0 unspecified atom stereocenters. The normalized spacial score (nSPS) is 16.1. The summed E-state index contributed by atoms with van der Waals surface area (Å²) in [5, 5.41) is 9.19. The highest BCUT2D eigenvalue weighted by atomic mass is 32.2. The Kier molecular flexibility index (Phi) is 3.08. The van der Waals surface area contributed by atoms with Gasteiger partial charge in [0.15, 0.2) is 6.19 Å². The van der Waals surface area contributed by atoms with Crippen LogP contribution >= 0.6 is 12.1 Å². The van der Waals surface area contributed by atoms with Gasteiger partial charge in [-0.3, -0.25) is 0 Å². The molecule has 1 aliphatic rings. The Labute approximate surface area is 101 Å². The third-order valence-electron chi connectivity index (χ3n) is 2.70. The van der Waals surface area contributed by atoms with Gasteiger partial charge in [0, 0.05) is 12.6 Å². The molecule has 1 aliphatic heterocycles. The summed E-state index contributed by atoms with van der Waals surface area (Å²) in [5.74, 6) is 0. The van der Waals surface area contributed by atoms with Crippen molar-refractivity contribution in [2.75, 3.05) is 4.31 Å². The number of hydrogen-bond donors (Lipinski definition) is 0. The van der Waals surface area contributed by atoms with Crippen LogP contribution < -0.4 is 4.31 Å². The van der Waals surface area contributed by atoms with E-state index in [1.165, 1.54) is 17.7 Å². The monoisotopic (exact) mass is 233 g/mol. The molecule has 0 bridgehead atoms. The van der Waals surface area contributed by atoms with Crippen molar-refractivity contribution in [3.8, 4) is 6.19 Å². The van der Waals surface area contributed by atoms with Crippen LogP contribution in [0.2, 0.25) is 0 Å². The molecule has 1 aromatic rings. The van der Waals surface area contributed by atoms with E-state index in [1.54, 1.807) is 4.31 Å². The van der Waals surface area contributed by atoms with Gasteiger partial charge in [-0.25, -0.2) is 8.61 Å². The number of fused-ring (bicyclic) bond motifs is 1. The molecular weight excluding hydrogens is 218 g/mol. The van der Waals surface area contributed by atoms with E-state index in [0.717, 1.165) is 17.8 Å². The Morgan fingerprint density at radius 3 is 2.81 bits per heavy atom. The zero-order valence-corrected chi connectivity index (χ0v) is 10.6. The molecule has 0 aliphatic carbocycles. The standard InChI is InChI=1S/C12H15N3S/c1-9(2)14-7-11-6-4-5-10(3)12(11)15(8-13)16-14/h4-6,9H,7H2,1-3H3. The topological polar surface area (TPSA) is 30.3 Å². The maximum Gasteiger partial charge on any atom is 0.196 e. The minimum atomic E-state index is 0.425. The summed E-state index contributed by atoms with van der Waals surface area (Å²) in [4.78, 5) is 0. The summed E-state index contributed by atoms with van der Waals surface area (Å²) in [6.07, 6.45) is 2.24. The first-order valence-corrected chi connectivity index (χ1v) is 6.09. The van der Waals surface area contributed by atoms with Gasteiger partial charge in [-0.1, -0.05) is 18.2 Å². The van der Waals surface area contributed by atoms with Gasteiger partial charge in [0.2, 0.25) is 0 Å². The highest BCUT2D eigenvalue weighted by molar-refractivity contribution is 7.98.